The first kappa shape index (κ1) is 15.0. The molecule has 6 heteroatoms. The molecule has 0 saturated carbocycles. The van der Waals surface area contributed by atoms with Crippen molar-refractivity contribution in [2.45, 2.75) is 0 Å². The van der Waals surface area contributed by atoms with Crippen LogP contribution in [0.4, 0.5) is 0 Å². The lowest BCUT2D eigenvalue weighted by Gasteiger charge is -2.02. The molecule has 0 saturated heterocycles. The van der Waals surface area contributed by atoms with E-state index in [0.29, 0.717) is 26.2 Å². The Morgan fingerprint density at radius 3 is 2.23 bits per heavy atom. The van der Waals surface area contributed by atoms with E-state index in [9.17, 15) is 9.59 Å². The average molecular weight is 350 g/mol. The first-order chi connectivity index (χ1) is 10.5. The van der Waals surface area contributed by atoms with Gasteiger partial charge in [0.25, 0.3) is 5.56 Å². The van der Waals surface area contributed by atoms with Crippen LogP contribution < -0.4 is 5.56 Å². The highest BCUT2D eigenvalue weighted by molar-refractivity contribution is 7.09. The number of carbonyl (C=O) groups is 1. The van der Waals surface area contributed by atoms with Gasteiger partial charge in [0, 0.05) is 21.7 Å². The van der Waals surface area contributed by atoms with Crippen LogP contribution in [-0.2, 0) is 0 Å². The van der Waals surface area contributed by atoms with E-state index in [1.54, 1.807) is 42.5 Å². The largest absolute Gasteiger partial charge is 0.288 e. The summed E-state index contributed by atoms with van der Waals surface area (Å²) in [6, 6.07) is 15.0. The fraction of sp³-hybridized carbons (Fsp3) is 0. The van der Waals surface area contributed by atoms with E-state index in [4.69, 9.17) is 23.2 Å². The molecule has 0 aliphatic heterocycles. The monoisotopic (exact) mass is 349 g/mol. The van der Waals surface area contributed by atoms with Crippen LogP contribution in [0.5, 0.6) is 0 Å². The van der Waals surface area contributed by atoms with Crippen LogP contribution in [0.1, 0.15) is 15.2 Å². The van der Waals surface area contributed by atoms with Gasteiger partial charge >= 0.3 is 0 Å². The summed E-state index contributed by atoms with van der Waals surface area (Å²) >= 11 is 13.0. The Morgan fingerprint density at radius 1 is 0.955 bits per heavy atom. The molecule has 0 atom stereocenters. The summed E-state index contributed by atoms with van der Waals surface area (Å²) in [6.45, 7) is 0. The number of ketones is 1. The molecule has 3 aromatic rings. The normalized spacial score (nSPS) is 10.6. The standard InChI is InChI=1S/C16H9Cl2NO2S/c17-11-6-12(18)8-13(7-11)19-15(20)9-14(22-19)16(21)10-4-2-1-3-5-10/h1-9H. The summed E-state index contributed by atoms with van der Waals surface area (Å²) in [5, 5.41) is 0.859. The van der Waals surface area contributed by atoms with Crippen LogP contribution in [0.25, 0.3) is 5.69 Å². The number of nitrogens with zero attached hydrogens (tertiary/aromatic N) is 1. The molecule has 1 aromatic heterocycles. The highest BCUT2D eigenvalue weighted by Crippen LogP contribution is 2.23. The molecule has 0 aliphatic carbocycles. The molecule has 22 heavy (non-hydrogen) atoms. The second-order valence-electron chi connectivity index (χ2n) is 4.56. The molecule has 0 unspecified atom stereocenters. The highest BCUT2D eigenvalue weighted by Gasteiger charge is 2.15. The summed E-state index contributed by atoms with van der Waals surface area (Å²) in [7, 11) is 0. The summed E-state index contributed by atoms with van der Waals surface area (Å²) in [4.78, 5) is 24.9. The van der Waals surface area contributed by atoms with E-state index in [0.717, 1.165) is 11.5 Å². The molecule has 1 heterocycles. The van der Waals surface area contributed by atoms with Gasteiger partial charge in [-0.1, -0.05) is 53.5 Å². The smallest absolute Gasteiger partial charge is 0.266 e. The molecule has 110 valence electrons. The van der Waals surface area contributed by atoms with Crippen molar-refractivity contribution in [1.82, 2.24) is 3.96 Å². The van der Waals surface area contributed by atoms with Crippen LogP contribution in [0.15, 0.2) is 59.4 Å². The Balaban J connectivity index is 2.05. The lowest BCUT2D eigenvalue weighted by Crippen LogP contribution is -2.09. The van der Waals surface area contributed by atoms with E-state index in [-0.39, 0.29) is 11.3 Å². The third-order valence-corrected chi connectivity index (χ3v) is 4.50. The number of hydrogen-bond donors (Lipinski definition) is 0. The number of carbonyl (C=O) groups excluding carboxylic acids is 1. The van der Waals surface area contributed by atoms with Crippen LogP contribution >= 0.6 is 34.7 Å². The fourth-order valence-corrected chi connectivity index (χ4v) is 3.43. The molecule has 2 aromatic carbocycles. The first-order valence-corrected chi connectivity index (χ1v) is 7.87. The van der Waals surface area contributed by atoms with E-state index >= 15 is 0 Å². The summed E-state index contributed by atoms with van der Waals surface area (Å²) < 4.78 is 1.40. The van der Waals surface area contributed by atoms with Crippen molar-refractivity contribution >= 4 is 40.5 Å². The summed E-state index contributed by atoms with van der Waals surface area (Å²) in [6.07, 6.45) is 0. The molecule has 0 aliphatic rings. The average Bonchev–Trinajstić information content (AvgIpc) is 2.88. The zero-order chi connectivity index (χ0) is 15.7. The van der Waals surface area contributed by atoms with Gasteiger partial charge in [0.05, 0.1) is 10.6 Å². The number of halogens is 2. The Bertz CT molecular complexity index is 880. The van der Waals surface area contributed by atoms with E-state index in [1.807, 2.05) is 6.07 Å². The number of benzene rings is 2. The van der Waals surface area contributed by atoms with Gasteiger partial charge in [-0.05, 0) is 29.7 Å². The fourth-order valence-electron chi connectivity index (χ4n) is 2.02. The molecule has 0 radical (unpaired) electrons. The minimum Gasteiger partial charge on any atom is -0.288 e. The third kappa shape index (κ3) is 2.99. The summed E-state index contributed by atoms with van der Waals surface area (Å²) in [5.74, 6) is -0.186. The van der Waals surface area contributed by atoms with Gasteiger partial charge in [-0.3, -0.25) is 9.59 Å². The van der Waals surface area contributed by atoms with Crippen molar-refractivity contribution in [2.75, 3.05) is 0 Å². The molecule has 0 bridgehead atoms. The van der Waals surface area contributed by atoms with Gasteiger partial charge in [0.15, 0.2) is 0 Å². The predicted molar refractivity (Wildman–Crippen MR) is 89.8 cm³/mol. The predicted octanol–water partition coefficient (Wildman–Crippen LogP) is 4.44. The molecule has 0 fully saturated rings. The molecule has 0 N–H and O–H groups in total. The van der Waals surface area contributed by atoms with Crippen molar-refractivity contribution in [1.29, 1.82) is 0 Å². The quantitative estimate of drug-likeness (QED) is 0.655. The number of rotatable bonds is 3. The topological polar surface area (TPSA) is 39.1 Å². The van der Waals surface area contributed by atoms with Crippen molar-refractivity contribution < 1.29 is 4.79 Å². The van der Waals surface area contributed by atoms with Gasteiger partial charge in [-0.15, -0.1) is 0 Å². The third-order valence-electron chi connectivity index (χ3n) is 2.99. The maximum atomic E-state index is 12.4. The Kier molecular flexibility index (Phi) is 4.16. The Hall–Kier alpha value is -1.88. The van der Waals surface area contributed by atoms with Gasteiger partial charge < -0.3 is 0 Å². The van der Waals surface area contributed by atoms with Crippen molar-refractivity contribution in [3.63, 3.8) is 0 Å². The van der Waals surface area contributed by atoms with Crippen molar-refractivity contribution in [3.05, 3.63) is 85.4 Å². The SMILES string of the molecule is O=C(c1ccccc1)c1cc(=O)n(-c2cc(Cl)cc(Cl)c2)s1. The van der Waals surface area contributed by atoms with Gasteiger partial charge in [-0.2, -0.15) is 0 Å². The highest BCUT2D eigenvalue weighted by atomic mass is 35.5. The Labute approximate surface area is 140 Å². The second kappa shape index (κ2) is 6.08. The first-order valence-electron chi connectivity index (χ1n) is 6.34. The minimum atomic E-state index is -0.289. The lowest BCUT2D eigenvalue weighted by molar-refractivity contribution is 0.104. The molecule has 0 amide bonds. The second-order valence-corrected chi connectivity index (χ2v) is 6.42. The van der Waals surface area contributed by atoms with Crippen LogP contribution in [0, 0.1) is 0 Å². The molecule has 0 spiro atoms. The maximum absolute atomic E-state index is 12.4. The minimum absolute atomic E-state index is 0.186. The van der Waals surface area contributed by atoms with Crippen LogP contribution in [0.3, 0.4) is 0 Å². The van der Waals surface area contributed by atoms with Gasteiger partial charge in [0.2, 0.25) is 5.78 Å². The summed E-state index contributed by atoms with van der Waals surface area (Å²) in [5.41, 5.74) is 0.794. The van der Waals surface area contributed by atoms with Crippen molar-refractivity contribution in [2.24, 2.45) is 0 Å². The zero-order valence-corrected chi connectivity index (χ0v) is 13.5. The van der Waals surface area contributed by atoms with Gasteiger partial charge in [-0.25, -0.2) is 3.96 Å². The number of hydrogen-bond acceptors (Lipinski definition) is 3. The van der Waals surface area contributed by atoms with E-state index in [2.05, 4.69) is 0 Å². The number of aromatic nitrogens is 1. The van der Waals surface area contributed by atoms with E-state index < -0.39 is 0 Å². The van der Waals surface area contributed by atoms with Gasteiger partial charge in [0.1, 0.15) is 0 Å². The zero-order valence-electron chi connectivity index (χ0n) is 11.1. The molecular formula is C16H9Cl2NO2S. The lowest BCUT2D eigenvalue weighted by atomic mass is 10.1. The van der Waals surface area contributed by atoms with Crippen molar-refractivity contribution in [3.8, 4) is 5.69 Å². The molecular weight excluding hydrogens is 341 g/mol. The molecule has 3 rings (SSSR count). The van der Waals surface area contributed by atoms with Crippen LogP contribution in [0.2, 0.25) is 10.0 Å². The van der Waals surface area contributed by atoms with Crippen LogP contribution in [-0.4, -0.2) is 9.74 Å². The van der Waals surface area contributed by atoms with E-state index in [1.165, 1.54) is 10.0 Å². The maximum Gasteiger partial charge on any atom is 0.266 e. The Morgan fingerprint density at radius 2 is 1.59 bits per heavy atom. The molecule has 3 nitrogen and oxygen atoms in total.